The van der Waals surface area contributed by atoms with E-state index in [4.69, 9.17) is 4.74 Å². The van der Waals surface area contributed by atoms with Crippen LogP contribution < -0.4 is 5.32 Å². The topological polar surface area (TPSA) is 34.2 Å². The molecule has 2 atom stereocenters. The number of hydrogen-bond donors (Lipinski definition) is 1. The zero-order chi connectivity index (χ0) is 12.5. The fraction of sp³-hybridized carbons (Fsp3) is 0.769. The molecule has 0 aliphatic carbocycles. The van der Waals surface area contributed by atoms with Gasteiger partial charge in [0, 0.05) is 17.6 Å². The summed E-state index contributed by atoms with van der Waals surface area (Å²) in [5.41, 5.74) is -0.000579. The molecule has 0 aromatic carbocycles. The van der Waals surface area contributed by atoms with Gasteiger partial charge in [0.2, 0.25) is 0 Å². The number of hydrogen-bond acceptors (Lipinski definition) is 4. The molecule has 3 nitrogen and oxygen atoms in total. The van der Waals surface area contributed by atoms with Crippen molar-refractivity contribution in [2.24, 2.45) is 0 Å². The van der Waals surface area contributed by atoms with Crippen molar-refractivity contribution in [2.75, 3.05) is 0 Å². The lowest BCUT2D eigenvalue weighted by atomic mass is 9.84. The van der Waals surface area contributed by atoms with E-state index in [1.807, 2.05) is 6.20 Å². The van der Waals surface area contributed by atoms with Crippen molar-refractivity contribution in [2.45, 2.75) is 64.3 Å². The summed E-state index contributed by atoms with van der Waals surface area (Å²) >= 11 is 1.75. The number of nitrogens with zero attached hydrogens (tertiary/aromatic N) is 1. The van der Waals surface area contributed by atoms with Gasteiger partial charge in [0.1, 0.15) is 5.01 Å². The molecule has 0 spiro atoms. The Labute approximate surface area is 108 Å². The van der Waals surface area contributed by atoms with Crippen molar-refractivity contribution >= 4 is 11.3 Å². The van der Waals surface area contributed by atoms with E-state index < -0.39 is 0 Å². The molecule has 1 aromatic rings. The van der Waals surface area contributed by atoms with Crippen molar-refractivity contribution in [3.05, 3.63) is 16.6 Å². The summed E-state index contributed by atoms with van der Waals surface area (Å²) in [4.78, 5) is 4.53. The Balaban J connectivity index is 2.29. The molecule has 0 amide bonds. The molecule has 17 heavy (non-hydrogen) atoms. The fourth-order valence-corrected chi connectivity index (χ4v) is 3.75. The molecule has 1 fully saturated rings. The predicted octanol–water partition coefficient (Wildman–Crippen LogP) is 2.92. The van der Waals surface area contributed by atoms with Crippen LogP contribution in [-0.2, 0) is 10.3 Å². The fourth-order valence-electron chi connectivity index (χ4n) is 2.92. The normalized spacial score (nSPS) is 34.2. The smallest absolute Gasteiger partial charge is 0.113 e. The minimum absolute atomic E-state index is 0.000579. The zero-order valence-electron chi connectivity index (χ0n) is 11.1. The van der Waals surface area contributed by atoms with Gasteiger partial charge in [0.25, 0.3) is 0 Å². The summed E-state index contributed by atoms with van der Waals surface area (Å²) in [5, 5.41) is 6.99. The van der Waals surface area contributed by atoms with E-state index in [9.17, 15) is 0 Å². The Kier molecular flexibility index (Phi) is 3.85. The molecule has 2 unspecified atom stereocenters. The quantitative estimate of drug-likeness (QED) is 0.900. The summed E-state index contributed by atoms with van der Waals surface area (Å²) in [6.45, 7) is 8.69. The minimum atomic E-state index is -0.000579. The molecule has 1 N–H and O–H groups in total. The lowest BCUT2D eigenvalue weighted by Crippen LogP contribution is -2.53. The van der Waals surface area contributed by atoms with Crippen LogP contribution in [0.5, 0.6) is 0 Å². The Morgan fingerprint density at radius 1 is 1.41 bits per heavy atom. The third kappa shape index (κ3) is 2.87. The molecule has 4 heteroatoms. The van der Waals surface area contributed by atoms with Crippen LogP contribution in [-0.4, -0.2) is 23.2 Å². The van der Waals surface area contributed by atoms with Gasteiger partial charge in [-0.3, -0.25) is 0 Å². The molecule has 2 heterocycles. The summed E-state index contributed by atoms with van der Waals surface area (Å²) in [5.74, 6) is 0. The minimum Gasteiger partial charge on any atom is -0.375 e. The van der Waals surface area contributed by atoms with Crippen LogP contribution in [0.4, 0.5) is 0 Å². The van der Waals surface area contributed by atoms with Crippen LogP contribution in [0.3, 0.4) is 0 Å². The van der Waals surface area contributed by atoms with Crippen molar-refractivity contribution in [1.29, 1.82) is 0 Å². The molecule has 0 bridgehead atoms. The lowest BCUT2D eigenvalue weighted by molar-refractivity contribution is -0.0730. The van der Waals surface area contributed by atoms with Crippen molar-refractivity contribution in [1.82, 2.24) is 10.3 Å². The van der Waals surface area contributed by atoms with Crippen LogP contribution in [0.2, 0.25) is 0 Å². The highest BCUT2D eigenvalue weighted by Crippen LogP contribution is 2.38. The second-order valence-electron chi connectivity index (χ2n) is 5.38. The van der Waals surface area contributed by atoms with Gasteiger partial charge >= 0.3 is 0 Å². The molecule has 1 aromatic heterocycles. The van der Waals surface area contributed by atoms with Gasteiger partial charge in [-0.15, -0.1) is 11.3 Å². The maximum absolute atomic E-state index is 5.86. The van der Waals surface area contributed by atoms with Gasteiger partial charge in [-0.1, -0.05) is 0 Å². The number of rotatable bonds is 3. The number of aromatic nitrogens is 1. The molecular formula is C13H22N2OS. The summed E-state index contributed by atoms with van der Waals surface area (Å²) in [7, 11) is 0. The number of thiazole rings is 1. The Morgan fingerprint density at radius 3 is 2.53 bits per heavy atom. The number of nitrogens with one attached hydrogen (secondary N) is 1. The third-order valence-corrected chi connectivity index (χ3v) is 4.12. The molecule has 0 saturated carbocycles. The highest BCUT2D eigenvalue weighted by Gasteiger charge is 2.42. The van der Waals surface area contributed by atoms with E-state index in [1.54, 1.807) is 11.3 Å². The van der Waals surface area contributed by atoms with Gasteiger partial charge in [-0.25, -0.2) is 4.98 Å². The standard InChI is InChI=1S/C13H22N2OS/c1-9(2)15-13(12-14-5-6-17-12)7-10(3)16-11(4)8-13/h5-6,9-11,15H,7-8H2,1-4H3. The molecule has 1 saturated heterocycles. The van der Waals surface area contributed by atoms with Crippen molar-refractivity contribution in [3.8, 4) is 0 Å². The first kappa shape index (κ1) is 13.0. The second-order valence-corrected chi connectivity index (χ2v) is 6.28. The second kappa shape index (κ2) is 5.04. The van der Waals surface area contributed by atoms with Crippen molar-refractivity contribution in [3.63, 3.8) is 0 Å². The monoisotopic (exact) mass is 254 g/mol. The van der Waals surface area contributed by atoms with Gasteiger partial charge in [-0.05, 0) is 40.5 Å². The number of ether oxygens (including phenoxy) is 1. The Morgan fingerprint density at radius 2 is 2.06 bits per heavy atom. The van der Waals surface area contributed by atoms with E-state index >= 15 is 0 Å². The highest BCUT2D eigenvalue weighted by atomic mass is 32.1. The van der Waals surface area contributed by atoms with Crippen LogP contribution in [0, 0.1) is 0 Å². The first-order chi connectivity index (χ1) is 8.02. The average Bonchev–Trinajstić information content (AvgIpc) is 2.66. The molecular weight excluding hydrogens is 232 g/mol. The highest BCUT2D eigenvalue weighted by molar-refractivity contribution is 7.09. The SMILES string of the molecule is CC(C)NC1(c2nccs2)CC(C)OC(C)C1. The van der Waals surface area contributed by atoms with Gasteiger partial charge in [0.15, 0.2) is 0 Å². The summed E-state index contributed by atoms with van der Waals surface area (Å²) in [6, 6.07) is 0.455. The molecule has 96 valence electrons. The van der Waals surface area contributed by atoms with Crippen LogP contribution in [0.25, 0.3) is 0 Å². The summed E-state index contributed by atoms with van der Waals surface area (Å²) < 4.78 is 5.86. The molecule has 1 aliphatic heterocycles. The maximum atomic E-state index is 5.86. The first-order valence-corrected chi connectivity index (χ1v) is 7.23. The van der Waals surface area contributed by atoms with Crippen LogP contribution >= 0.6 is 11.3 Å². The molecule has 0 radical (unpaired) electrons. The first-order valence-electron chi connectivity index (χ1n) is 6.35. The van der Waals surface area contributed by atoms with E-state index in [0.717, 1.165) is 12.8 Å². The largest absolute Gasteiger partial charge is 0.375 e. The molecule has 2 rings (SSSR count). The van der Waals surface area contributed by atoms with Gasteiger partial charge in [-0.2, -0.15) is 0 Å². The summed E-state index contributed by atoms with van der Waals surface area (Å²) in [6.07, 6.45) is 4.48. The predicted molar refractivity (Wildman–Crippen MR) is 71.3 cm³/mol. The maximum Gasteiger partial charge on any atom is 0.113 e. The van der Waals surface area contributed by atoms with E-state index in [1.165, 1.54) is 5.01 Å². The van der Waals surface area contributed by atoms with Gasteiger partial charge < -0.3 is 10.1 Å². The van der Waals surface area contributed by atoms with Gasteiger partial charge in [0.05, 0.1) is 17.7 Å². The third-order valence-electron chi connectivity index (χ3n) is 3.14. The zero-order valence-corrected chi connectivity index (χ0v) is 11.9. The van der Waals surface area contributed by atoms with Crippen LogP contribution in [0.15, 0.2) is 11.6 Å². The van der Waals surface area contributed by atoms with E-state index in [0.29, 0.717) is 6.04 Å². The van der Waals surface area contributed by atoms with Crippen LogP contribution in [0.1, 0.15) is 45.5 Å². The van der Waals surface area contributed by atoms with E-state index in [-0.39, 0.29) is 17.7 Å². The van der Waals surface area contributed by atoms with E-state index in [2.05, 4.69) is 43.4 Å². The molecule has 1 aliphatic rings. The Hall–Kier alpha value is -0.450. The lowest BCUT2D eigenvalue weighted by Gasteiger charge is -2.43. The average molecular weight is 254 g/mol. The Bertz CT molecular complexity index is 335. The van der Waals surface area contributed by atoms with Crippen molar-refractivity contribution < 1.29 is 4.74 Å².